The number of hydrogen-bond acceptors (Lipinski definition) is 16. The number of para-hydroxylation sites is 4. The summed E-state index contributed by atoms with van der Waals surface area (Å²) in [5.74, 6) is -0.942. The van der Waals surface area contributed by atoms with Crippen LogP contribution in [0.3, 0.4) is 0 Å². The summed E-state index contributed by atoms with van der Waals surface area (Å²) < 4.78 is 5.40. The number of rotatable bonds is 11. The van der Waals surface area contributed by atoms with E-state index in [1.54, 1.807) is 6.92 Å². The van der Waals surface area contributed by atoms with Crippen molar-refractivity contribution < 1.29 is 9.53 Å². The lowest BCUT2D eigenvalue weighted by Crippen LogP contribution is -2.13. The number of carbonyl (C=O) groups excluding carboxylic acids is 1. The second kappa shape index (κ2) is 21.1. The first-order valence-electron chi connectivity index (χ1n) is 27.9. The standard InChI is InChI=1S/C69H42N16O2/c1-5-51-60(69(86)87-6-2)81-68-65(72-51)79-58-49-38-55-53(75-66-67(76-55)83-62(71-4)61(70-3)82-66)36-48(49)47-35-52-54(37-50(47)59(58)80-68)74-64-63(73-52)77-56(39-27-31-45(32-28-39)84(41-19-11-7-12-20-41)42-21-13-8-14-22-42)57(78-64)40-29-33-46(34-30-40)85(43-23-15-9-16-24-43)44-25-17-10-18-26-44/h7-38H,5-6H2,1-2H3. The van der Waals surface area contributed by atoms with E-state index >= 15 is 0 Å². The van der Waals surface area contributed by atoms with Crippen LogP contribution < -0.4 is 9.80 Å². The van der Waals surface area contributed by atoms with Crippen molar-refractivity contribution in [3.05, 3.63) is 228 Å². The van der Waals surface area contributed by atoms with Gasteiger partial charge in [0, 0.05) is 56.0 Å². The highest BCUT2D eigenvalue weighted by Crippen LogP contribution is 2.42. The largest absolute Gasteiger partial charge is 0.461 e. The molecule has 410 valence electrons. The van der Waals surface area contributed by atoms with Crippen LogP contribution in [0.15, 0.2) is 194 Å². The van der Waals surface area contributed by atoms with E-state index in [2.05, 4.69) is 127 Å². The monoisotopic (exact) mass is 1130 g/mol. The van der Waals surface area contributed by atoms with Crippen molar-refractivity contribution in [3.8, 4) is 22.5 Å². The Labute approximate surface area is 494 Å². The lowest BCUT2D eigenvalue weighted by atomic mass is 9.98. The van der Waals surface area contributed by atoms with Crippen LogP contribution in [0.25, 0.3) is 121 Å². The van der Waals surface area contributed by atoms with Gasteiger partial charge in [0.2, 0.25) is 0 Å². The normalized spacial score (nSPS) is 11.4. The smallest absolute Gasteiger partial charge is 0.358 e. The van der Waals surface area contributed by atoms with Crippen molar-refractivity contribution in [1.29, 1.82) is 0 Å². The second-order valence-corrected chi connectivity index (χ2v) is 20.3. The zero-order valence-corrected chi connectivity index (χ0v) is 46.4. The minimum atomic E-state index is -0.608. The van der Waals surface area contributed by atoms with E-state index < -0.39 is 5.97 Å². The molecular weight excluding hydrogens is 1080 g/mol. The van der Waals surface area contributed by atoms with Crippen LogP contribution >= 0.6 is 0 Å². The van der Waals surface area contributed by atoms with Gasteiger partial charge in [-0.2, -0.15) is 0 Å². The molecule has 6 aromatic heterocycles. The van der Waals surface area contributed by atoms with Crippen molar-refractivity contribution in [1.82, 2.24) is 59.8 Å². The number of fused-ring (bicyclic) bond motifs is 11. The lowest BCUT2D eigenvalue weighted by Gasteiger charge is -2.26. The fourth-order valence-electron chi connectivity index (χ4n) is 11.1. The Morgan fingerprint density at radius 1 is 0.391 bits per heavy atom. The first-order chi connectivity index (χ1) is 42.8. The van der Waals surface area contributed by atoms with Gasteiger partial charge in [0.05, 0.1) is 56.8 Å². The zero-order valence-electron chi connectivity index (χ0n) is 46.4. The van der Waals surface area contributed by atoms with Gasteiger partial charge in [-0.05, 0) is 121 Å². The Bertz CT molecular complexity index is 5300. The number of ether oxygens (including phenoxy) is 1. The maximum absolute atomic E-state index is 13.3. The van der Waals surface area contributed by atoms with Crippen molar-refractivity contribution in [3.63, 3.8) is 0 Å². The van der Waals surface area contributed by atoms with Crippen molar-refractivity contribution in [2.24, 2.45) is 0 Å². The SMILES string of the molecule is [C-]#[N+]c1nc2nc3cc4c5cc6nc7nc(-c8ccc(N(c9ccccc9)c9ccccc9)cc8)c(-c8ccc(N(c9ccccc9)c9ccccc9)cc8)nc7nc6cc5c5nc6nc(C(=O)OCC)c(CC)nc6nc5c4cc3nc2nc1[N+]#[C-]. The summed E-state index contributed by atoms with van der Waals surface area (Å²) in [6, 6.07) is 65.2. The van der Waals surface area contributed by atoms with Gasteiger partial charge in [-0.25, -0.2) is 54.6 Å². The summed E-state index contributed by atoms with van der Waals surface area (Å²) in [5, 5.41) is 2.70. The van der Waals surface area contributed by atoms with Crippen molar-refractivity contribution in [2.45, 2.75) is 20.3 Å². The molecule has 15 rings (SSSR count). The number of hydrogen-bond donors (Lipinski definition) is 0. The minimum absolute atomic E-state index is 0.0631. The topological polar surface area (TPSA) is 196 Å². The zero-order chi connectivity index (χ0) is 58.7. The van der Waals surface area contributed by atoms with Gasteiger partial charge in [-0.3, -0.25) is 0 Å². The third-order valence-corrected chi connectivity index (χ3v) is 15.1. The number of aryl methyl sites for hydroxylation is 1. The van der Waals surface area contributed by atoms with Gasteiger partial charge in [0.25, 0.3) is 11.6 Å². The van der Waals surface area contributed by atoms with Crippen LogP contribution in [0.5, 0.6) is 0 Å². The highest BCUT2D eigenvalue weighted by atomic mass is 16.5. The molecule has 0 fully saturated rings. The molecule has 0 saturated heterocycles. The van der Waals surface area contributed by atoms with E-state index in [4.69, 9.17) is 67.7 Å². The summed E-state index contributed by atoms with van der Waals surface area (Å²) in [4.78, 5) is 84.1. The van der Waals surface area contributed by atoms with E-state index in [-0.39, 0.29) is 46.5 Å². The van der Waals surface area contributed by atoms with E-state index in [1.165, 1.54) is 0 Å². The van der Waals surface area contributed by atoms with E-state index in [0.29, 0.717) is 89.4 Å². The Kier molecular flexibility index (Phi) is 12.5. The van der Waals surface area contributed by atoms with E-state index in [1.807, 2.05) is 104 Å². The Morgan fingerprint density at radius 3 is 1.08 bits per heavy atom. The maximum Gasteiger partial charge on any atom is 0.358 e. The lowest BCUT2D eigenvalue weighted by molar-refractivity contribution is 0.0518. The van der Waals surface area contributed by atoms with Crippen LogP contribution in [0, 0.1) is 13.1 Å². The maximum atomic E-state index is 13.3. The molecule has 0 aliphatic rings. The summed E-state index contributed by atoms with van der Waals surface area (Å²) in [6.07, 6.45) is 0.386. The number of anilines is 6. The van der Waals surface area contributed by atoms with Gasteiger partial charge >= 0.3 is 17.3 Å². The third kappa shape index (κ3) is 9.01. The molecule has 0 unspecified atom stereocenters. The number of nitrogens with zero attached hydrogens (tertiary/aromatic N) is 16. The average molecular weight is 1130 g/mol. The first kappa shape index (κ1) is 51.5. The number of carbonyl (C=O) groups is 1. The summed E-state index contributed by atoms with van der Waals surface area (Å²) >= 11 is 0. The van der Waals surface area contributed by atoms with Crippen LogP contribution in [0.2, 0.25) is 0 Å². The van der Waals surface area contributed by atoms with Crippen LogP contribution in [-0.4, -0.2) is 72.4 Å². The molecule has 18 nitrogen and oxygen atoms in total. The third-order valence-electron chi connectivity index (χ3n) is 15.1. The highest BCUT2D eigenvalue weighted by molar-refractivity contribution is 6.27. The Hall–Kier alpha value is -12.4. The quantitative estimate of drug-likeness (QED) is 0.0513. The van der Waals surface area contributed by atoms with Gasteiger partial charge in [-0.1, -0.05) is 117 Å². The fourth-order valence-corrected chi connectivity index (χ4v) is 11.1. The molecule has 15 aromatic rings. The number of aromatic nitrogens is 12. The van der Waals surface area contributed by atoms with Crippen LogP contribution in [-0.2, 0) is 11.2 Å². The predicted octanol–water partition coefficient (Wildman–Crippen LogP) is 15.8. The van der Waals surface area contributed by atoms with Crippen LogP contribution in [0.1, 0.15) is 30.0 Å². The van der Waals surface area contributed by atoms with E-state index in [0.717, 1.165) is 45.3 Å². The molecule has 0 saturated carbocycles. The molecule has 6 heterocycles. The second-order valence-electron chi connectivity index (χ2n) is 20.3. The first-order valence-corrected chi connectivity index (χ1v) is 27.9. The van der Waals surface area contributed by atoms with Crippen molar-refractivity contribution in [2.75, 3.05) is 16.4 Å². The van der Waals surface area contributed by atoms with Gasteiger partial charge < -0.3 is 24.2 Å². The van der Waals surface area contributed by atoms with E-state index in [9.17, 15) is 4.79 Å². The Balaban J connectivity index is 0.955. The molecule has 0 amide bonds. The molecule has 0 N–H and O–H groups in total. The molecule has 87 heavy (non-hydrogen) atoms. The summed E-state index contributed by atoms with van der Waals surface area (Å²) in [6.45, 7) is 19.1. The molecule has 0 aliphatic heterocycles. The molecule has 18 heteroatoms. The molecule has 0 bridgehead atoms. The molecule has 0 aliphatic carbocycles. The summed E-state index contributed by atoms with van der Waals surface area (Å²) in [7, 11) is 0. The fraction of sp³-hybridized carbons (Fsp3) is 0.0580. The summed E-state index contributed by atoms with van der Waals surface area (Å²) in [5.41, 5.74) is 13.3. The average Bonchev–Trinajstić information content (AvgIpc) is 1.01. The predicted molar refractivity (Wildman–Crippen MR) is 338 cm³/mol. The van der Waals surface area contributed by atoms with Gasteiger partial charge in [-0.15, -0.1) is 9.97 Å². The van der Waals surface area contributed by atoms with Gasteiger partial charge in [0.1, 0.15) is 0 Å². The number of benzene rings is 9. The highest BCUT2D eigenvalue weighted by Gasteiger charge is 2.25. The number of esters is 1. The molecule has 9 aromatic carbocycles. The van der Waals surface area contributed by atoms with Crippen molar-refractivity contribution >= 4 is 140 Å². The van der Waals surface area contributed by atoms with Crippen LogP contribution in [0.4, 0.5) is 45.8 Å². The molecule has 0 atom stereocenters. The molecule has 0 spiro atoms. The minimum Gasteiger partial charge on any atom is -0.461 e. The Morgan fingerprint density at radius 2 is 0.724 bits per heavy atom. The molecule has 0 radical (unpaired) electrons. The van der Waals surface area contributed by atoms with Gasteiger partial charge in [0.15, 0.2) is 28.3 Å². The molecular formula is C69H42N16O2.